The Morgan fingerprint density at radius 2 is 1.50 bits per heavy atom. The monoisotopic (exact) mass is 407 g/mol. The summed E-state index contributed by atoms with van der Waals surface area (Å²) in [6.07, 6.45) is 3.57. The zero-order chi connectivity index (χ0) is 20.2. The van der Waals surface area contributed by atoms with Crippen molar-refractivity contribution in [1.29, 1.82) is 0 Å². The standard InChI is InChI=1S/C24H17N5S/c1-2-5-17(6-3-1)21-9-10-23(29-28-21)26-20-8-4-7-19(15-20)22-16-30-24(27-22)18-11-13-25-14-12-18/h1-16H,(H,26,29). The highest BCUT2D eigenvalue weighted by atomic mass is 32.1. The molecule has 5 rings (SSSR count). The van der Waals surface area contributed by atoms with Gasteiger partial charge in [0.1, 0.15) is 5.01 Å². The highest BCUT2D eigenvalue weighted by Crippen LogP contribution is 2.30. The summed E-state index contributed by atoms with van der Waals surface area (Å²) >= 11 is 1.63. The van der Waals surface area contributed by atoms with Gasteiger partial charge in [-0.3, -0.25) is 4.98 Å². The zero-order valence-corrected chi connectivity index (χ0v) is 16.8. The Labute approximate surface area is 178 Å². The Bertz CT molecular complexity index is 1250. The molecule has 0 unspecified atom stereocenters. The first-order chi connectivity index (χ1) is 14.8. The zero-order valence-electron chi connectivity index (χ0n) is 15.9. The molecule has 3 aromatic heterocycles. The molecule has 3 heterocycles. The molecule has 0 spiro atoms. The highest BCUT2D eigenvalue weighted by molar-refractivity contribution is 7.13. The summed E-state index contributed by atoms with van der Waals surface area (Å²) in [5, 5.41) is 15.0. The maximum atomic E-state index is 4.78. The third kappa shape index (κ3) is 3.94. The van der Waals surface area contributed by atoms with Crippen LogP contribution in [0.25, 0.3) is 33.1 Å². The number of nitrogens with zero attached hydrogens (tertiary/aromatic N) is 4. The van der Waals surface area contributed by atoms with Crippen molar-refractivity contribution in [3.63, 3.8) is 0 Å². The van der Waals surface area contributed by atoms with Crippen LogP contribution >= 0.6 is 11.3 Å². The Hall–Kier alpha value is -3.90. The molecule has 30 heavy (non-hydrogen) atoms. The summed E-state index contributed by atoms with van der Waals surface area (Å²) in [6, 6.07) is 26.0. The van der Waals surface area contributed by atoms with Crippen LogP contribution in [0.15, 0.2) is 96.6 Å². The molecule has 0 radical (unpaired) electrons. The molecule has 0 saturated heterocycles. The summed E-state index contributed by atoms with van der Waals surface area (Å²) in [5.41, 5.74) is 5.90. The van der Waals surface area contributed by atoms with Crippen LogP contribution < -0.4 is 5.32 Å². The molecular formula is C24H17N5S. The van der Waals surface area contributed by atoms with Crippen LogP contribution in [0.4, 0.5) is 11.5 Å². The second-order valence-corrected chi connectivity index (χ2v) is 7.51. The van der Waals surface area contributed by atoms with Crippen molar-refractivity contribution in [2.45, 2.75) is 0 Å². The average Bonchev–Trinajstić information content (AvgIpc) is 3.32. The fraction of sp³-hybridized carbons (Fsp3) is 0. The quantitative estimate of drug-likeness (QED) is 0.383. The van der Waals surface area contributed by atoms with Gasteiger partial charge in [0.25, 0.3) is 0 Å². The molecule has 5 aromatic rings. The Balaban J connectivity index is 1.35. The molecule has 5 nitrogen and oxygen atoms in total. The van der Waals surface area contributed by atoms with Gasteiger partial charge in [0.15, 0.2) is 5.82 Å². The van der Waals surface area contributed by atoms with Gasteiger partial charge in [0.2, 0.25) is 0 Å². The molecule has 6 heteroatoms. The van der Waals surface area contributed by atoms with E-state index in [-0.39, 0.29) is 0 Å². The van der Waals surface area contributed by atoms with Crippen LogP contribution in [0.5, 0.6) is 0 Å². The largest absolute Gasteiger partial charge is 0.339 e. The molecule has 0 atom stereocenters. The molecule has 0 aliphatic heterocycles. The van der Waals surface area contributed by atoms with E-state index in [1.54, 1.807) is 23.7 Å². The van der Waals surface area contributed by atoms with E-state index in [0.717, 1.165) is 38.8 Å². The average molecular weight is 408 g/mol. The predicted octanol–water partition coefficient (Wildman–Crippen LogP) is 6.07. The Morgan fingerprint density at radius 3 is 2.30 bits per heavy atom. The summed E-state index contributed by atoms with van der Waals surface area (Å²) in [7, 11) is 0. The Morgan fingerprint density at radius 1 is 0.667 bits per heavy atom. The van der Waals surface area contributed by atoms with Gasteiger partial charge in [0, 0.05) is 40.2 Å². The topological polar surface area (TPSA) is 63.6 Å². The van der Waals surface area contributed by atoms with Crippen molar-refractivity contribution in [3.8, 4) is 33.1 Å². The predicted molar refractivity (Wildman–Crippen MR) is 122 cm³/mol. The minimum atomic E-state index is 0.697. The van der Waals surface area contributed by atoms with Crippen molar-refractivity contribution < 1.29 is 0 Å². The normalized spacial score (nSPS) is 10.7. The van der Waals surface area contributed by atoms with Crippen LogP contribution in [0, 0.1) is 0 Å². The fourth-order valence-corrected chi connectivity index (χ4v) is 3.93. The van der Waals surface area contributed by atoms with Crippen molar-refractivity contribution in [2.24, 2.45) is 0 Å². The molecule has 2 aromatic carbocycles. The lowest BCUT2D eigenvalue weighted by atomic mass is 10.1. The minimum absolute atomic E-state index is 0.697. The summed E-state index contributed by atoms with van der Waals surface area (Å²) in [6.45, 7) is 0. The first-order valence-corrected chi connectivity index (χ1v) is 10.4. The van der Waals surface area contributed by atoms with Crippen LogP contribution in [0.1, 0.15) is 0 Å². The van der Waals surface area contributed by atoms with Crippen molar-refractivity contribution in [3.05, 3.63) is 96.6 Å². The smallest absolute Gasteiger partial charge is 0.153 e. The number of benzene rings is 2. The van der Waals surface area contributed by atoms with Crippen LogP contribution in [0.3, 0.4) is 0 Å². The van der Waals surface area contributed by atoms with Gasteiger partial charge in [-0.05, 0) is 36.4 Å². The van der Waals surface area contributed by atoms with Gasteiger partial charge >= 0.3 is 0 Å². The lowest BCUT2D eigenvalue weighted by Gasteiger charge is -2.07. The molecule has 144 valence electrons. The molecule has 0 saturated carbocycles. The number of nitrogens with one attached hydrogen (secondary N) is 1. The molecule has 0 aliphatic carbocycles. The van der Waals surface area contributed by atoms with Crippen molar-refractivity contribution in [1.82, 2.24) is 20.2 Å². The fourth-order valence-electron chi connectivity index (χ4n) is 3.10. The van der Waals surface area contributed by atoms with Crippen LogP contribution in [0.2, 0.25) is 0 Å². The maximum Gasteiger partial charge on any atom is 0.153 e. The first-order valence-electron chi connectivity index (χ1n) is 9.48. The number of aromatic nitrogens is 4. The molecule has 0 amide bonds. The van der Waals surface area contributed by atoms with E-state index < -0.39 is 0 Å². The van der Waals surface area contributed by atoms with Gasteiger partial charge < -0.3 is 5.32 Å². The third-order valence-electron chi connectivity index (χ3n) is 4.60. The van der Waals surface area contributed by atoms with Gasteiger partial charge in [0.05, 0.1) is 11.4 Å². The van der Waals surface area contributed by atoms with Crippen LogP contribution in [-0.2, 0) is 0 Å². The molecular weight excluding hydrogens is 390 g/mol. The van der Waals surface area contributed by atoms with Crippen molar-refractivity contribution >= 4 is 22.8 Å². The van der Waals surface area contributed by atoms with E-state index in [1.807, 2.05) is 66.7 Å². The van der Waals surface area contributed by atoms with Crippen molar-refractivity contribution in [2.75, 3.05) is 5.32 Å². The Kier molecular flexibility index (Phi) is 4.98. The SMILES string of the molecule is c1ccc(-c2ccc(Nc3cccc(-c4csc(-c5ccncc5)n4)c3)nn2)cc1. The van der Waals surface area contributed by atoms with E-state index in [9.17, 15) is 0 Å². The molecule has 0 aliphatic rings. The van der Waals surface area contributed by atoms with Gasteiger partial charge in [-0.1, -0.05) is 42.5 Å². The number of thiazole rings is 1. The molecule has 1 N–H and O–H groups in total. The lowest BCUT2D eigenvalue weighted by molar-refractivity contribution is 1.04. The third-order valence-corrected chi connectivity index (χ3v) is 5.49. The first kappa shape index (κ1) is 18.1. The van der Waals surface area contributed by atoms with Gasteiger partial charge in [-0.25, -0.2) is 4.98 Å². The second-order valence-electron chi connectivity index (χ2n) is 6.65. The summed E-state index contributed by atoms with van der Waals surface area (Å²) < 4.78 is 0. The number of pyridine rings is 1. The van der Waals surface area contributed by atoms with Gasteiger partial charge in [-0.2, -0.15) is 0 Å². The molecule has 0 fully saturated rings. The minimum Gasteiger partial charge on any atom is -0.339 e. The van der Waals surface area contributed by atoms with E-state index in [2.05, 4.69) is 38.0 Å². The van der Waals surface area contributed by atoms with Crippen LogP contribution in [-0.4, -0.2) is 20.2 Å². The number of anilines is 2. The molecule has 0 bridgehead atoms. The number of hydrogen-bond donors (Lipinski definition) is 1. The van der Waals surface area contributed by atoms with Gasteiger partial charge in [-0.15, -0.1) is 21.5 Å². The maximum absolute atomic E-state index is 4.78. The van der Waals surface area contributed by atoms with E-state index in [4.69, 9.17) is 4.98 Å². The van der Waals surface area contributed by atoms with E-state index >= 15 is 0 Å². The lowest BCUT2D eigenvalue weighted by Crippen LogP contribution is -1.96. The highest BCUT2D eigenvalue weighted by Gasteiger charge is 2.08. The van der Waals surface area contributed by atoms with E-state index in [0.29, 0.717) is 5.82 Å². The second kappa shape index (κ2) is 8.23. The summed E-state index contributed by atoms with van der Waals surface area (Å²) in [4.78, 5) is 8.85. The number of rotatable bonds is 5. The van der Waals surface area contributed by atoms with E-state index in [1.165, 1.54) is 0 Å². The summed E-state index contributed by atoms with van der Waals surface area (Å²) in [5.74, 6) is 0.697. The number of hydrogen-bond acceptors (Lipinski definition) is 6.